The smallest absolute Gasteiger partial charge is 0.272 e. The lowest BCUT2D eigenvalue weighted by Crippen LogP contribution is -2.40. The summed E-state index contributed by atoms with van der Waals surface area (Å²) >= 11 is 0. The van der Waals surface area contributed by atoms with Crippen molar-refractivity contribution in [2.75, 3.05) is 19.6 Å². The Morgan fingerprint density at radius 1 is 1.14 bits per heavy atom. The fraction of sp³-hybridized carbons (Fsp3) is 0.375. The van der Waals surface area contributed by atoms with Gasteiger partial charge in [-0.05, 0) is 37.4 Å². The second-order valence-corrected chi connectivity index (χ2v) is 5.36. The first-order valence-corrected chi connectivity index (χ1v) is 7.13. The van der Waals surface area contributed by atoms with Crippen molar-refractivity contribution in [3.8, 4) is 0 Å². The van der Waals surface area contributed by atoms with Crippen molar-refractivity contribution < 1.29 is 4.79 Å². The van der Waals surface area contributed by atoms with Crippen LogP contribution in [0, 0.1) is 5.92 Å². The molecule has 1 fully saturated rings. The van der Waals surface area contributed by atoms with E-state index in [0.717, 1.165) is 43.4 Å². The number of hydrogen-bond donors (Lipinski definition) is 1. The molecule has 0 aliphatic carbocycles. The van der Waals surface area contributed by atoms with Crippen LogP contribution in [-0.2, 0) is 0 Å². The fourth-order valence-electron chi connectivity index (χ4n) is 2.72. The largest absolute Gasteiger partial charge is 0.337 e. The van der Waals surface area contributed by atoms with Crippen LogP contribution in [0.5, 0.6) is 0 Å². The molecule has 0 atom stereocenters. The molecule has 2 aromatic rings. The van der Waals surface area contributed by atoms with E-state index in [1.165, 1.54) is 0 Å². The van der Waals surface area contributed by atoms with Crippen LogP contribution in [0.4, 0.5) is 0 Å². The molecule has 1 saturated heterocycles. The van der Waals surface area contributed by atoms with Crippen LogP contribution in [0.25, 0.3) is 10.9 Å². The van der Waals surface area contributed by atoms with E-state index in [1.807, 2.05) is 41.3 Å². The average Bonchev–Trinajstić information content (AvgIpc) is 2.54. The molecule has 120 valence electrons. The van der Waals surface area contributed by atoms with E-state index in [2.05, 4.69) is 4.98 Å². The lowest BCUT2D eigenvalue weighted by molar-refractivity contribution is 0.0688. The molecule has 0 radical (unpaired) electrons. The van der Waals surface area contributed by atoms with Gasteiger partial charge in [0.25, 0.3) is 5.91 Å². The number of carbonyl (C=O) groups excluding carboxylic acids is 1. The Labute approximate surface area is 142 Å². The maximum absolute atomic E-state index is 12.5. The molecule has 1 aromatic heterocycles. The summed E-state index contributed by atoms with van der Waals surface area (Å²) in [5.41, 5.74) is 7.09. The molecule has 2 N–H and O–H groups in total. The van der Waals surface area contributed by atoms with Crippen LogP contribution in [0.1, 0.15) is 23.3 Å². The molecule has 3 rings (SSSR count). The number of carbonyl (C=O) groups is 1. The number of nitrogens with two attached hydrogens (primary N) is 1. The Hall–Kier alpha value is -1.36. The van der Waals surface area contributed by atoms with Crippen molar-refractivity contribution in [3.63, 3.8) is 0 Å². The van der Waals surface area contributed by atoms with Crippen LogP contribution in [0.15, 0.2) is 36.4 Å². The van der Waals surface area contributed by atoms with E-state index >= 15 is 0 Å². The number of hydrogen-bond acceptors (Lipinski definition) is 3. The molecule has 1 aliphatic rings. The monoisotopic (exact) mass is 341 g/mol. The van der Waals surface area contributed by atoms with Crippen molar-refractivity contribution in [2.45, 2.75) is 12.8 Å². The van der Waals surface area contributed by atoms with E-state index in [1.54, 1.807) is 0 Å². The van der Waals surface area contributed by atoms with E-state index < -0.39 is 0 Å². The van der Waals surface area contributed by atoms with Gasteiger partial charge in [-0.25, -0.2) is 4.98 Å². The topological polar surface area (TPSA) is 59.2 Å². The van der Waals surface area contributed by atoms with Gasteiger partial charge in [0.2, 0.25) is 0 Å². The summed E-state index contributed by atoms with van der Waals surface area (Å²) in [5, 5.41) is 1.06. The van der Waals surface area contributed by atoms with Gasteiger partial charge in [-0.15, -0.1) is 24.8 Å². The molecule has 0 spiro atoms. The fourth-order valence-corrected chi connectivity index (χ4v) is 2.72. The summed E-state index contributed by atoms with van der Waals surface area (Å²) in [4.78, 5) is 18.8. The molecular formula is C16H21Cl2N3O. The minimum absolute atomic E-state index is 0. The van der Waals surface area contributed by atoms with Crippen LogP contribution < -0.4 is 5.73 Å². The van der Waals surface area contributed by atoms with Gasteiger partial charge in [-0.3, -0.25) is 4.79 Å². The quantitative estimate of drug-likeness (QED) is 0.913. The number of fused-ring (bicyclic) bond motifs is 1. The lowest BCUT2D eigenvalue weighted by Gasteiger charge is -2.31. The maximum Gasteiger partial charge on any atom is 0.272 e. The lowest BCUT2D eigenvalue weighted by atomic mass is 9.97. The number of pyridine rings is 1. The first-order chi connectivity index (χ1) is 9.78. The molecular weight excluding hydrogens is 321 g/mol. The summed E-state index contributed by atoms with van der Waals surface area (Å²) in [6, 6.07) is 11.6. The van der Waals surface area contributed by atoms with Crippen molar-refractivity contribution in [1.82, 2.24) is 9.88 Å². The van der Waals surface area contributed by atoms with E-state index in [0.29, 0.717) is 11.6 Å². The zero-order chi connectivity index (χ0) is 13.9. The summed E-state index contributed by atoms with van der Waals surface area (Å²) in [6.45, 7) is 2.29. The van der Waals surface area contributed by atoms with Crippen molar-refractivity contribution in [2.24, 2.45) is 11.7 Å². The number of piperidine rings is 1. The summed E-state index contributed by atoms with van der Waals surface area (Å²) in [6.07, 6.45) is 1.99. The Kier molecular flexibility index (Phi) is 7.07. The second kappa shape index (κ2) is 8.32. The highest BCUT2D eigenvalue weighted by atomic mass is 35.5. The van der Waals surface area contributed by atoms with Crippen LogP contribution in [0.2, 0.25) is 0 Å². The number of nitrogens with zero attached hydrogens (tertiary/aromatic N) is 2. The highest BCUT2D eigenvalue weighted by Crippen LogP contribution is 2.18. The van der Waals surface area contributed by atoms with Crippen LogP contribution >= 0.6 is 24.8 Å². The second-order valence-electron chi connectivity index (χ2n) is 5.36. The van der Waals surface area contributed by atoms with Gasteiger partial charge in [0, 0.05) is 18.5 Å². The first-order valence-electron chi connectivity index (χ1n) is 7.13. The van der Waals surface area contributed by atoms with E-state index in [9.17, 15) is 4.79 Å². The number of aromatic nitrogens is 1. The van der Waals surface area contributed by atoms with E-state index in [-0.39, 0.29) is 30.7 Å². The summed E-state index contributed by atoms with van der Waals surface area (Å²) in [7, 11) is 0. The number of benzene rings is 1. The molecule has 0 bridgehead atoms. The third kappa shape index (κ3) is 3.88. The highest BCUT2D eigenvalue weighted by Gasteiger charge is 2.23. The minimum atomic E-state index is 0. The van der Waals surface area contributed by atoms with Gasteiger partial charge < -0.3 is 10.6 Å². The average molecular weight is 342 g/mol. The number of rotatable bonds is 2. The number of likely N-dealkylation sites (tertiary alicyclic amines) is 1. The zero-order valence-electron chi connectivity index (χ0n) is 12.3. The molecule has 1 aliphatic heterocycles. The third-order valence-electron chi connectivity index (χ3n) is 4.05. The Morgan fingerprint density at radius 2 is 1.82 bits per heavy atom. The Balaban J connectivity index is 0.00000121. The van der Waals surface area contributed by atoms with Crippen LogP contribution in [-0.4, -0.2) is 35.4 Å². The molecule has 6 heteroatoms. The SMILES string of the molecule is Cl.Cl.NCC1CCN(C(=O)c2ccc3ccccc3n2)CC1. The number of para-hydroxylation sites is 1. The molecule has 1 aromatic carbocycles. The van der Waals surface area contributed by atoms with Gasteiger partial charge in [0.15, 0.2) is 0 Å². The first kappa shape index (κ1) is 18.7. The normalized spacial score (nSPS) is 15.0. The molecule has 1 amide bonds. The summed E-state index contributed by atoms with van der Waals surface area (Å²) in [5.74, 6) is 0.592. The Morgan fingerprint density at radius 3 is 2.50 bits per heavy atom. The maximum atomic E-state index is 12.5. The third-order valence-corrected chi connectivity index (χ3v) is 4.05. The van der Waals surface area contributed by atoms with Crippen molar-refractivity contribution in [1.29, 1.82) is 0 Å². The molecule has 0 unspecified atom stereocenters. The highest BCUT2D eigenvalue weighted by molar-refractivity contribution is 5.94. The standard InChI is InChI=1S/C16H19N3O.2ClH/c17-11-12-7-9-19(10-8-12)16(20)15-6-5-13-3-1-2-4-14(13)18-15;;/h1-6,12H,7-11,17H2;2*1H. The predicted molar refractivity (Wildman–Crippen MR) is 93.9 cm³/mol. The molecule has 22 heavy (non-hydrogen) atoms. The van der Waals surface area contributed by atoms with Gasteiger partial charge in [0.05, 0.1) is 5.52 Å². The van der Waals surface area contributed by atoms with Crippen LogP contribution in [0.3, 0.4) is 0 Å². The minimum Gasteiger partial charge on any atom is -0.337 e. The molecule has 4 nitrogen and oxygen atoms in total. The zero-order valence-corrected chi connectivity index (χ0v) is 13.9. The summed E-state index contributed by atoms with van der Waals surface area (Å²) < 4.78 is 0. The number of halogens is 2. The molecule has 2 heterocycles. The van der Waals surface area contributed by atoms with Gasteiger partial charge in [-0.1, -0.05) is 24.3 Å². The number of amides is 1. The van der Waals surface area contributed by atoms with Gasteiger partial charge in [-0.2, -0.15) is 0 Å². The van der Waals surface area contributed by atoms with E-state index in [4.69, 9.17) is 5.73 Å². The van der Waals surface area contributed by atoms with Gasteiger partial charge in [0.1, 0.15) is 5.69 Å². The van der Waals surface area contributed by atoms with Crippen molar-refractivity contribution in [3.05, 3.63) is 42.1 Å². The Bertz CT molecular complexity index is 628. The molecule has 0 saturated carbocycles. The van der Waals surface area contributed by atoms with Gasteiger partial charge >= 0.3 is 0 Å². The van der Waals surface area contributed by atoms with Crippen molar-refractivity contribution >= 4 is 41.6 Å². The predicted octanol–water partition coefficient (Wildman–Crippen LogP) is 2.89.